The van der Waals surface area contributed by atoms with Gasteiger partial charge >= 0.3 is 11.9 Å². The molecule has 0 aliphatic heterocycles. The number of carboxylic acids is 1. The highest BCUT2D eigenvalue weighted by Crippen LogP contribution is 1.97. The van der Waals surface area contributed by atoms with Crippen LogP contribution in [0.1, 0.15) is 20.3 Å². The van der Waals surface area contributed by atoms with Crippen molar-refractivity contribution in [2.24, 2.45) is 0 Å². The van der Waals surface area contributed by atoms with Crippen LogP contribution in [0.5, 0.6) is 0 Å². The van der Waals surface area contributed by atoms with E-state index in [4.69, 9.17) is 28.8 Å². The van der Waals surface area contributed by atoms with Crippen LogP contribution >= 0.6 is 0 Å². The second-order valence-corrected chi connectivity index (χ2v) is 5.26. The lowest BCUT2D eigenvalue weighted by Crippen LogP contribution is -2.11. The van der Waals surface area contributed by atoms with Gasteiger partial charge in [0.15, 0.2) is 0 Å². The minimum atomic E-state index is -0.975. The number of rotatable bonds is 19. The predicted molar refractivity (Wildman–Crippen MR) is 108 cm³/mol. The van der Waals surface area contributed by atoms with E-state index in [1.807, 2.05) is 13.8 Å². The average Bonchev–Trinajstić information content (AvgIpc) is 2.71. The summed E-state index contributed by atoms with van der Waals surface area (Å²) in [6.07, 6.45) is 1.47. The van der Waals surface area contributed by atoms with Gasteiger partial charge in [-0.1, -0.05) is 13.2 Å². The fourth-order valence-electron chi connectivity index (χ4n) is 1.51. The Labute approximate surface area is 173 Å². The number of ether oxygens (including phenoxy) is 6. The molecule has 0 bridgehead atoms. The van der Waals surface area contributed by atoms with Gasteiger partial charge < -0.3 is 33.5 Å². The molecular formula is C20H36O9. The first kappa shape index (κ1) is 29.4. The highest BCUT2D eigenvalue weighted by Gasteiger charge is 2.02. The standard InChI is InChI=1S/C11H20O5.C9H16O4/c1-3-14-6-7-16-9-8-15-5-4-10(2)11(12)13;1-3-9(10)13-8-7-12-6-5-11-4-2/h2-9H2,1H3,(H,12,13);3H,1,4-8H2,2H3. The Kier molecular flexibility index (Phi) is 24.6. The van der Waals surface area contributed by atoms with E-state index in [0.29, 0.717) is 72.5 Å². The number of esters is 1. The molecule has 9 heteroatoms. The lowest BCUT2D eigenvalue weighted by molar-refractivity contribution is -0.139. The van der Waals surface area contributed by atoms with E-state index in [1.165, 1.54) is 0 Å². The SMILES string of the molecule is C=C(CCOCCOCCOCC)C(=O)O.C=CC(=O)OCCOCCOCC. The van der Waals surface area contributed by atoms with Crippen molar-refractivity contribution < 1.29 is 43.1 Å². The third-order valence-electron chi connectivity index (χ3n) is 3.01. The number of aliphatic carboxylic acids is 1. The summed E-state index contributed by atoms with van der Waals surface area (Å²) in [6, 6.07) is 0. The molecule has 0 amide bonds. The molecule has 0 aromatic heterocycles. The Morgan fingerprint density at radius 1 is 0.759 bits per heavy atom. The molecular weight excluding hydrogens is 384 g/mol. The molecule has 1 N–H and O–H groups in total. The molecule has 0 fully saturated rings. The molecule has 29 heavy (non-hydrogen) atoms. The molecule has 0 radical (unpaired) electrons. The van der Waals surface area contributed by atoms with Crippen molar-refractivity contribution in [3.05, 3.63) is 24.8 Å². The Hall–Kier alpha value is -1.78. The van der Waals surface area contributed by atoms with Gasteiger partial charge in [-0.3, -0.25) is 0 Å². The summed E-state index contributed by atoms with van der Waals surface area (Å²) in [6.45, 7) is 16.1. The zero-order chi connectivity index (χ0) is 22.2. The van der Waals surface area contributed by atoms with Gasteiger partial charge in [-0.25, -0.2) is 9.59 Å². The van der Waals surface area contributed by atoms with E-state index < -0.39 is 11.9 Å². The Bertz CT molecular complexity index is 424. The van der Waals surface area contributed by atoms with E-state index >= 15 is 0 Å². The highest BCUT2D eigenvalue weighted by atomic mass is 16.6. The van der Waals surface area contributed by atoms with E-state index in [-0.39, 0.29) is 12.2 Å². The van der Waals surface area contributed by atoms with E-state index in [1.54, 1.807) is 0 Å². The molecule has 9 nitrogen and oxygen atoms in total. The lowest BCUT2D eigenvalue weighted by Gasteiger charge is -2.05. The predicted octanol–water partition coefficient (Wildman–Crippen LogP) is 1.86. The van der Waals surface area contributed by atoms with E-state index in [9.17, 15) is 9.59 Å². The normalized spacial score (nSPS) is 10.0. The molecule has 0 rings (SSSR count). The van der Waals surface area contributed by atoms with Gasteiger partial charge in [0.05, 0.1) is 52.9 Å². The minimum Gasteiger partial charge on any atom is -0.478 e. The zero-order valence-corrected chi connectivity index (χ0v) is 17.7. The van der Waals surface area contributed by atoms with E-state index in [2.05, 4.69) is 17.9 Å². The van der Waals surface area contributed by atoms with Gasteiger partial charge in [0, 0.05) is 31.3 Å². The first-order valence-corrected chi connectivity index (χ1v) is 9.58. The fraction of sp³-hybridized carbons (Fsp3) is 0.700. The van der Waals surface area contributed by atoms with Gasteiger partial charge in [-0.15, -0.1) is 0 Å². The van der Waals surface area contributed by atoms with Crippen LogP contribution < -0.4 is 0 Å². The Morgan fingerprint density at radius 2 is 1.17 bits per heavy atom. The summed E-state index contributed by atoms with van der Waals surface area (Å²) in [5.74, 6) is -1.40. The number of carboxylic acid groups (broad SMARTS) is 1. The monoisotopic (exact) mass is 420 g/mol. The summed E-state index contributed by atoms with van der Waals surface area (Å²) in [5.41, 5.74) is 0.164. The minimum absolute atomic E-state index is 0.164. The van der Waals surface area contributed by atoms with E-state index in [0.717, 1.165) is 6.08 Å². The highest BCUT2D eigenvalue weighted by molar-refractivity contribution is 5.85. The molecule has 0 aromatic carbocycles. The van der Waals surface area contributed by atoms with Crippen LogP contribution in [0, 0.1) is 0 Å². The van der Waals surface area contributed by atoms with Crippen molar-refractivity contribution in [2.45, 2.75) is 20.3 Å². The lowest BCUT2D eigenvalue weighted by atomic mass is 10.2. The first-order valence-electron chi connectivity index (χ1n) is 9.58. The third kappa shape index (κ3) is 26.2. The molecule has 0 aliphatic rings. The van der Waals surface area contributed by atoms with Crippen molar-refractivity contribution in [3.63, 3.8) is 0 Å². The van der Waals surface area contributed by atoms with Crippen LogP contribution in [0.4, 0.5) is 0 Å². The summed E-state index contributed by atoms with van der Waals surface area (Å²) in [7, 11) is 0. The summed E-state index contributed by atoms with van der Waals surface area (Å²) >= 11 is 0. The number of carbonyl (C=O) groups is 2. The quantitative estimate of drug-likeness (QED) is 0.190. The molecule has 170 valence electrons. The van der Waals surface area contributed by atoms with Gasteiger partial charge in [0.1, 0.15) is 6.61 Å². The molecule has 0 saturated heterocycles. The maximum atomic E-state index is 10.5. The van der Waals surface area contributed by atoms with Crippen LogP contribution in [0.15, 0.2) is 24.8 Å². The van der Waals surface area contributed by atoms with Crippen LogP contribution in [-0.2, 0) is 38.0 Å². The van der Waals surface area contributed by atoms with Crippen molar-refractivity contribution in [1.29, 1.82) is 0 Å². The third-order valence-corrected chi connectivity index (χ3v) is 3.01. The molecule has 0 unspecified atom stereocenters. The molecule has 0 heterocycles. The van der Waals surface area contributed by atoms with Crippen LogP contribution in [-0.4, -0.2) is 89.7 Å². The average molecular weight is 420 g/mol. The second-order valence-electron chi connectivity index (χ2n) is 5.26. The largest absolute Gasteiger partial charge is 0.478 e. The first-order chi connectivity index (χ1) is 14.0. The molecule has 0 aliphatic carbocycles. The van der Waals surface area contributed by atoms with Gasteiger partial charge in [0.25, 0.3) is 0 Å². The maximum Gasteiger partial charge on any atom is 0.331 e. The summed E-state index contributed by atoms with van der Waals surface area (Å²) in [5, 5.41) is 8.51. The Morgan fingerprint density at radius 3 is 1.59 bits per heavy atom. The van der Waals surface area contributed by atoms with Crippen LogP contribution in [0.25, 0.3) is 0 Å². The van der Waals surface area contributed by atoms with Crippen LogP contribution in [0.3, 0.4) is 0 Å². The van der Waals surface area contributed by atoms with Gasteiger partial charge in [-0.05, 0) is 13.8 Å². The van der Waals surface area contributed by atoms with Gasteiger partial charge in [-0.2, -0.15) is 0 Å². The fourth-order valence-corrected chi connectivity index (χ4v) is 1.51. The summed E-state index contributed by atoms with van der Waals surface area (Å²) < 4.78 is 30.3. The Balaban J connectivity index is 0. The number of hydrogen-bond acceptors (Lipinski definition) is 8. The van der Waals surface area contributed by atoms with Crippen molar-refractivity contribution in [1.82, 2.24) is 0 Å². The van der Waals surface area contributed by atoms with Crippen molar-refractivity contribution in [2.75, 3.05) is 72.7 Å². The molecule has 0 atom stereocenters. The van der Waals surface area contributed by atoms with Crippen LogP contribution in [0.2, 0.25) is 0 Å². The maximum absolute atomic E-state index is 10.5. The zero-order valence-electron chi connectivity index (χ0n) is 17.7. The molecule has 0 spiro atoms. The summed E-state index contributed by atoms with van der Waals surface area (Å²) in [4.78, 5) is 20.9. The van der Waals surface area contributed by atoms with Crippen molar-refractivity contribution >= 4 is 11.9 Å². The van der Waals surface area contributed by atoms with Crippen molar-refractivity contribution in [3.8, 4) is 0 Å². The molecule has 0 aromatic rings. The number of hydrogen-bond donors (Lipinski definition) is 1. The number of carbonyl (C=O) groups excluding carboxylic acids is 1. The topological polar surface area (TPSA) is 110 Å². The molecule has 0 saturated carbocycles. The van der Waals surface area contributed by atoms with Gasteiger partial charge in [0.2, 0.25) is 0 Å². The second kappa shape index (κ2) is 24.3. The smallest absolute Gasteiger partial charge is 0.331 e.